The van der Waals surface area contributed by atoms with E-state index in [-0.39, 0.29) is 18.0 Å². The first-order valence-corrected chi connectivity index (χ1v) is 6.57. The van der Waals surface area contributed by atoms with E-state index in [9.17, 15) is 13.2 Å². The fourth-order valence-corrected chi connectivity index (χ4v) is 2.15. The molecule has 0 saturated heterocycles. The number of carbonyl (C=O) groups is 1. The van der Waals surface area contributed by atoms with Crippen molar-refractivity contribution in [3.05, 3.63) is 12.4 Å². The van der Waals surface area contributed by atoms with E-state index in [1.807, 2.05) is 0 Å². The first-order valence-electron chi connectivity index (χ1n) is 5.09. The molecule has 1 aromatic heterocycles. The fraction of sp³-hybridized carbons (Fsp3) is 0.400. The zero-order valence-corrected chi connectivity index (χ0v) is 10.6. The highest BCUT2D eigenvalue weighted by molar-refractivity contribution is 7.89. The van der Waals surface area contributed by atoms with Crippen LogP contribution >= 0.6 is 0 Å². The molecule has 1 heterocycles. The first-order chi connectivity index (χ1) is 8.45. The lowest BCUT2D eigenvalue weighted by Gasteiger charge is -2.01. The van der Waals surface area contributed by atoms with Gasteiger partial charge in [-0.1, -0.05) is 0 Å². The van der Waals surface area contributed by atoms with Crippen molar-refractivity contribution in [2.24, 2.45) is 0 Å². The van der Waals surface area contributed by atoms with Crippen LogP contribution in [0.5, 0.6) is 0 Å². The van der Waals surface area contributed by atoms with Crippen LogP contribution in [0.3, 0.4) is 0 Å². The zero-order valence-electron chi connectivity index (χ0n) is 9.75. The van der Waals surface area contributed by atoms with Crippen molar-refractivity contribution in [2.75, 3.05) is 6.54 Å². The Bertz CT molecular complexity index is 580. The van der Waals surface area contributed by atoms with Gasteiger partial charge in [-0.25, -0.2) is 13.1 Å². The van der Waals surface area contributed by atoms with Gasteiger partial charge < -0.3 is 5.11 Å². The largest absolute Gasteiger partial charge is 0.480 e. The lowest BCUT2D eigenvalue weighted by atomic mass is 10.4. The standard InChI is InChI=1S/C10H13N3O4S/c1-2-3-4-5-12-18(16,17)9-6-11-13(7-9)8-10(14)15/h6-7,12H,4-5,8H2,1H3,(H,14,15). The molecule has 1 rings (SSSR count). The molecule has 0 aromatic carbocycles. The van der Waals surface area contributed by atoms with E-state index in [4.69, 9.17) is 5.11 Å². The Hall–Kier alpha value is -1.85. The van der Waals surface area contributed by atoms with Gasteiger partial charge in [0.25, 0.3) is 0 Å². The summed E-state index contributed by atoms with van der Waals surface area (Å²) in [6.45, 7) is 1.49. The van der Waals surface area contributed by atoms with Crippen molar-refractivity contribution >= 4 is 16.0 Å². The maximum atomic E-state index is 11.7. The Balaban J connectivity index is 2.69. The summed E-state index contributed by atoms with van der Waals surface area (Å²) in [6, 6.07) is 0. The minimum absolute atomic E-state index is 0.0618. The molecular weight excluding hydrogens is 258 g/mol. The van der Waals surface area contributed by atoms with E-state index < -0.39 is 16.0 Å². The van der Waals surface area contributed by atoms with Crippen LogP contribution in [-0.4, -0.2) is 35.8 Å². The molecule has 0 bridgehead atoms. The summed E-state index contributed by atoms with van der Waals surface area (Å²) < 4.78 is 26.9. The highest BCUT2D eigenvalue weighted by Gasteiger charge is 2.16. The summed E-state index contributed by atoms with van der Waals surface area (Å²) in [5.41, 5.74) is 0. The number of carboxylic acid groups (broad SMARTS) is 1. The van der Waals surface area contributed by atoms with Gasteiger partial charge in [0.05, 0.1) is 6.20 Å². The van der Waals surface area contributed by atoms with Gasteiger partial charge in [0, 0.05) is 19.2 Å². The molecule has 0 aliphatic heterocycles. The molecule has 7 nitrogen and oxygen atoms in total. The molecule has 0 fully saturated rings. The van der Waals surface area contributed by atoms with Gasteiger partial charge in [0.15, 0.2) is 0 Å². The van der Waals surface area contributed by atoms with Crippen LogP contribution in [0.1, 0.15) is 13.3 Å². The van der Waals surface area contributed by atoms with Crippen LogP contribution in [0.25, 0.3) is 0 Å². The molecule has 0 atom stereocenters. The number of sulfonamides is 1. The van der Waals surface area contributed by atoms with Crippen molar-refractivity contribution in [1.29, 1.82) is 0 Å². The lowest BCUT2D eigenvalue weighted by molar-refractivity contribution is -0.137. The van der Waals surface area contributed by atoms with Crippen molar-refractivity contribution < 1.29 is 18.3 Å². The minimum Gasteiger partial charge on any atom is -0.480 e. The molecule has 0 unspecified atom stereocenters. The second-order valence-electron chi connectivity index (χ2n) is 3.34. The number of hydrogen-bond donors (Lipinski definition) is 2. The van der Waals surface area contributed by atoms with Crippen molar-refractivity contribution in [3.63, 3.8) is 0 Å². The minimum atomic E-state index is -3.65. The van der Waals surface area contributed by atoms with E-state index in [2.05, 4.69) is 21.7 Å². The molecule has 0 aliphatic rings. The van der Waals surface area contributed by atoms with E-state index in [0.29, 0.717) is 6.42 Å². The molecular formula is C10H13N3O4S. The van der Waals surface area contributed by atoms with Crippen LogP contribution < -0.4 is 4.72 Å². The maximum absolute atomic E-state index is 11.7. The van der Waals surface area contributed by atoms with Crippen LogP contribution in [0, 0.1) is 11.8 Å². The van der Waals surface area contributed by atoms with Gasteiger partial charge in [-0.2, -0.15) is 5.10 Å². The third kappa shape index (κ3) is 4.20. The van der Waals surface area contributed by atoms with E-state index in [1.165, 1.54) is 6.20 Å². The van der Waals surface area contributed by atoms with Gasteiger partial charge in [-0.3, -0.25) is 9.48 Å². The lowest BCUT2D eigenvalue weighted by Crippen LogP contribution is -2.24. The van der Waals surface area contributed by atoms with Gasteiger partial charge in [-0.15, -0.1) is 11.8 Å². The predicted octanol–water partition coefficient (Wildman–Crippen LogP) is -0.341. The van der Waals surface area contributed by atoms with Crippen LogP contribution in [0.4, 0.5) is 0 Å². The number of aromatic nitrogens is 2. The van der Waals surface area contributed by atoms with Gasteiger partial charge >= 0.3 is 5.97 Å². The highest BCUT2D eigenvalue weighted by Crippen LogP contribution is 2.06. The van der Waals surface area contributed by atoms with E-state index in [0.717, 1.165) is 10.9 Å². The summed E-state index contributed by atoms with van der Waals surface area (Å²) in [5.74, 6) is 4.29. The molecule has 0 spiro atoms. The molecule has 0 saturated carbocycles. The van der Waals surface area contributed by atoms with Gasteiger partial charge in [-0.05, 0) is 6.92 Å². The second-order valence-corrected chi connectivity index (χ2v) is 5.11. The number of nitrogens with zero attached hydrogens (tertiary/aromatic N) is 2. The van der Waals surface area contributed by atoms with Crippen molar-refractivity contribution in [2.45, 2.75) is 24.8 Å². The van der Waals surface area contributed by atoms with Crippen molar-refractivity contribution in [1.82, 2.24) is 14.5 Å². The number of carboxylic acids is 1. The SMILES string of the molecule is CC#CCCNS(=O)(=O)c1cnn(CC(=O)O)c1. The Morgan fingerprint density at radius 3 is 2.94 bits per heavy atom. The van der Waals surface area contributed by atoms with Crippen LogP contribution in [0.2, 0.25) is 0 Å². The molecule has 8 heteroatoms. The van der Waals surface area contributed by atoms with Crippen LogP contribution in [-0.2, 0) is 21.4 Å². The van der Waals surface area contributed by atoms with E-state index >= 15 is 0 Å². The fourth-order valence-electron chi connectivity index (χ4n) is 1.16. The third-order valence-electron chi connectivity index (χ3n) is 1.94. The highest BCUT2D eigenvalue weighted by atomic mass is 32.2. The zero-order chi connectivity index (χ0) is 13.6. The topological polar surface area (TPSA) is 101 Å². The molecule has 0 radical (unpaired) electrons. The monoisotopic (exact) mass is 271 g/mol. The van der Waals surface area contributed by atoms with E-state index in [1.54, 1.807) is 6.92 Å². The summed E-state index contributed by atoms with van der Waals surface area (Å²) in [4.78, 5) is 10.4. The first kappa shape index (κ1) is 14.2. The molecule has 0 aliphatic carbocycles. The van der Waals surface area contributed by atoms with Crippen LogP contribution in [0.15, 0.2) is 17.3 Å². The van der Waals surface area contributed by atoms with Crippen molar-refractivity contribution in [3.8, 4) is 11.8 Å². The smallest absolute Gasteiger partial charge is 0.325 e. The average molecular weight is 271 g/mol. The summed E-state index contributed by atoms with van der Waals surface area (Å²) in [7, 11) is -3.65. The predicted molar refractivity (Wildman–Crippen MR) is 63.1 cm³/mol. The number of hydrogen-bond acceptors (Lipinski definition) is 4. The molecule has 1 aromatic rings. The van der Waals surface area contributed by atoms with Gasteiger partial charge in [0.1, 0.15) is 11.4 Å². The number of aliphatic carboxylic acids is 1. The Morgan fingerprint density at radius 1 is 1.61 bits per heavy atom. The maximum Gasteiger partial charge on any atom is 0.325 e. The summed E-state index contributed by atoms with van der Waals surface area (Å²) in [6.07, 6.45) is 2.69. The number of nitrogens with one attached hydrogen (secondary N) is 1. The normalized spacial score (nSPS) is 10.7. The average Bonchev–Trinajstić information content (AvgIpc) is 2.73. The summed E-state index contributed by atoms with van der Waals surface area (Å²) in [5, 5.41) is 12.2. The molecule has 98 valence electrons. The number of rotatable bonds is 6. The Labute approximate surface area is 105 Å². The molecule has 2 N–H and O–H groups in total. The molecule has 0 amide bonds. The quantitative estimate of drug-likeness (QED) is 0.544. The second kappa shape index (κ2) is 6.18. The third-order valence-corrected chi connectivity index (χ3v) is 3.35. The Kier molecular flexibility index (Phi) is 4.88. The molecule has 18 heavy (non-hydrogen) atoms. The Morgan fingerprint density at radius 2 is 2.33 bits per heavy atom. The summed E-state index contributed by atoms with van der Waals surface area (Å²) >= 11 is 0. The van der Waals surface area contributed by atoms with Gasteiger partial charge in [0.2, 0.25) is 10.0 Å².